The molecule has 1 aromatic heterocycles. The first-order valence-electron chi connectivity index (χ1n) is 5.09. The molecule has 1 aromatic rings. The SMILES string of the molecule is CCC(OC)C(O)Cc1cccnc1N. The van der Waals surface area contributed by atoms with Gasteiger partial charge >= 0.3 is 0 Å². The van der Waals surface area contributed by atoms with Crippen molar-refractivity contribution in [3.05, 3.63) is 23.9 Å². The van der Waals surface area contributed by atoms with Gasteiger partial charge in [0, 0.05) is 19.7 Å². The molecule has 0 saturated heterocycles. The minimum absolute atomic E-state index is 0.149. The Morgan fingerprint density at radius 2 is 2.33 bits per heavy atom. The Morgan fingerprint density at radius 1 is 1.60 bits per heavy atom. The molecule has 2 unspecified atom stereocenters. The van der Waals surface area contributed by atoms with Crippen molar-refractivity contribution in [1.82, 2.24) is 4.98 Å². The van der Waals surface area contributed by atoms with Crippen LogP contribution in [0.1, 0.15) is 18.9 Å². The molecule has 0 aromatic carbocycles. The summed E-state index contributed by atoms with van der Waals surface area (Å²) in [6.45, 7) is 1.98. The molecule has 0 amide bonds. The second-order valence-corrected chi connectivity index (χ2v) is 3.50. The summed E-state index contributed by atoms with van der Waals surface area (Å²) in [4.78, 5) is 3.97. The molecule has 0 fully saturated rings. The summed E-state index contributed by atoms with van der Waals surface area (Å²) < 4.78 is 5.16. The normalized spacial score (nSPS) is 14.9. The lowest BCUT2D eigenvalue weighted by Crippen LogP contribution is -2.29. The van der Waals surface area contributed by atoms with Crippen molar-refractivity contribution in [2.75, 3.05) is 12.8 Å². The van der Waals surface area contributed by atoms with Crippen LogP contribution in [0.2, 0.25) is 0 Å². The minimum atomic E-state index is -0.536. The average Bonchev–Trinajstić information content (AvgIpc) is 2.23. The molecule has 0 aliphatic rings. The van der Waals surface area contributed by atoms with E-state index in [0.717, 1.165) is 12.0 Å². The fourth-order valence-electron chi connectivity index (χ4n) is 1.58. The summed E-state index contributed by atoms with van der Waals surface area (Å²) in [7, 11) is 1.60. The lowest BCUT2D eigenvalue weighted by molar-refractivity contribution is -0.0128. The maximum atomic E-state index is 9.88. The quantitative estimate of drug-likeness (QED) is 0.760. The molecular weight excluding hydrogens is 192 g/mol. The second-order valence-electron chi connectivity index (χ2n) is 3.50. The second kappa shape index (κ2) is 5.68. The number of aliphatic hydroxyl groups is 1. The van der Waals surface area contributed by atoms with Gasteiger partial charge in [0.2, 0.25) is 0 Å². The lowest BCUT2D eigenvalue weighted by Gasteiger charge is -2.20. The van der Waals surface area contributed by atoms with E-state index >= 15 is 0 Å². The highest BCUT2D eigenvalue weighted by atomic mass is 16.5. The molecule has 1 rings (SSSR count). The van der Waals surface area contributed by atoms with E-state index < -0.39 is 6.10 Å². The average molecular weight is 210 g/mol. The highest BCUT2D eigenvalue weighted by Crippen LogP contribution is 2.14. The van der Waals surface area contributed by atoms with E-state index in [0.29, 0.717) is 12.2 Å². The van der Waals surface area contributed by atoms with Gasteiger partial charge in [-0.2, -0.15) is 0 Å². The van der Waals surface area contributed by atoms with Gasteiger partial charge in [-0.05, 0) is 18.1 Å². The minimum Gasteiger partial charge on any atom is -0.390 e. The fourth-order valence-corrected chi connectivity index (χ4v) is 1.58. The van der Waals surface area contributed by atoms with Crippen LogP contribution in [0.4, 0.5) is 5.82 Å². The first-order chi connectivity index (χ1) is 7.19. The van der Waals surface area contributed by atoms with E-state index in [2.05, 4.69) is 4.98 Å². The number of anilines is 1. The number of nitrogens with zero attached hydrogens (tertiary/aromatic N) is 1. The first-order valence-corrected chi connectivity index (χ1v) is 5.09. The highest BCUT2D eigenvalue weighted by molar-refractivity contribution is 5.38. The molecule has 0 radical (unpaired) electrons. The van der Waals surface area contributed by atoms with Gasteiger partial charge in [-0.1, -0.05) is 13.0 Å². The summed E-state index contributed by atoms with van der Waals surface area (Å²) in [6.07, 6.45) is 2.21. The molecule has 3 N–H and O–H groups in total. The topological polar surface area (TPSA) is 68.4 Å². The molecule has 0 aliphatic carbocycles. The van der Waals surface area contributed by atoms with Crippen LogP contribution in [-0.2, 0) is 11.2 Å². The molecule has 1 heterocycles. The number of ether oxygens (including phenoxy) is 1. The van der Waals surface area contributed by atoms with E-state index in [4.69, 9.17) is 10.5 Å². The van der Waals surface area contributed by atoms with Crippen molar-refractivity contribution in [3.63, 3.8) is 0 Å². The molecule has 2 atom stereocenters. The number of pyridine rings is 1. The molecule has 15 heavy (non-hydrogen) atoms. The Morgan fingerprint density at radius 3 is 2.87 bits per heavy atom. The zero-order valence-corrected chi connectivity index (χ0v) is 9.18. The lowest BCUT2D eigenvalue weighted by atomic mass is 10.0. The van der Waals surface area contributed by atoms with Crippen molar-refractivity contribution in [1.29, 1.82) is 0 Å². The number of aliphatic hydroxyl groups excluding tert-OH is 1. The predicted octanol–water partition coefficient (Wildman–Crippen LogP) is 0.992. The molecule has 0 bridgehead atoms. The van der Waals surface area contributed by atoms with Crippen LogP contribution >= 0.6 is 0 Å². The Bertz CT molecular complexity index is 300. The van der Waals surface area contributed by atoms with Crippen molar-refractivity contribution in [2.45, 2.75) is 32.0 Å². The Labute approximate surface area is 90.1 Å². The molecule has 4 nitrogen and oxygen atoms in total. The largest absolute Gasteiger partial charge is 0.390 e. The summed E-state index contributed by atoms with van der Waals surface area (Å²) >= 11 is 0. The van der Waals surface area contributed by atoms with Gasteiger partial charge in [-0.25, -0.2) is 4.98 Å². The number of rotatable bonds is 5. The van der Waals surface area contributed by atoms with E-state index in [1.54, 1.807) is 13.3 Å². The number of nitrogen functional groups attached to an aromatic ring is 1. The van der Waals surface area contributed by atoms with Crippen LogP contribution in [-0.4, -0.2) is 29.4 Å². The van der Waals surface area contributed by atoms with Gasteiger partial charge in [0.25, 0.3) is 0 Å². The zero-order chi connectivity index (χ0) is 11.3. The highest BCUT2D eigenvalue weighted by Gasteiger charge is 2.18. The van der Waals surface area contributed by atoms with Crippen molar-refractivity contribution < 1.29 is 9.84 Å². The molecule has 0 saturated carbocycles. The molecular formula is C11H18N2O2. The fraction of sp³-hybridized carbons (Fsp3) is 0.545. The van der Waals surface area contributed by atoms with Crippen LogP contribution in [0.15, 0.2) is 18.3 Å². The van der Waals surface area contributed by atoms with E-state index in [-0.39, 0.29) is 6.10 Å². The first kappa shape index (κ1) is 11.9. The third-order valence-corrected chi connectivity index (χ3v) is 2.49. The van der Waals surface area contributed by atoms with Crippen LogP contribution in [0.3, 0.4) is 0 Å². The van der Waals surface area contributed by atoms with E-state index in [9.17, 15) is 5.11 Å². The monoisotopic (exact) mass is 210 g/mol. The van der Waals surface area contributed by atoms with Crippen LogP contribution in [0, 0.1) is 0 Å². The Hall–Kier alpha value is -1.13. The standard InChI is InChI=1S/C11H18N2O2/c1-3-10(15-2)9(14)7-8-5-4-6-13-11(8)12/h4-6,9-10,14H,3,7H2,1-2H3,(H2,12,13). The van der Waals surface area contributed by atoms with Crippen molar-refractivity contribution in [3.8, 4) is 0 Å². The number of methoxy groups -OCH3 is 1. The molecule has 4 heteroatoms. The van der Waals surface area contributed by atoms with Gasteiger partial charge in [0.1, 0.15) is 5.82 Å². The number of nitrogens with two attached hydrogens (primary N) is 1. The van der Waals surface area contributed by atoms with Crippen LogP contribution in [0.5, 0.6) is 0 Å². The Kier molecular flexibility index (Phi) is 4.52. The summed E-state index contributed by atoms with van der Waals surface area (Å²) in [5.41, 5.74) is 6.55. The molecule has 0 aliphatic heterocycles. The summed E-state index contributed by atoms with van der Waals surface area (Å²) in [6, 6.07) is 3.68. The third kappa shape index (κ3) is 3.18. The predicted molar refractivity (Wildman–Crippen MR) is 59.4 cm³/mol. The summed E-state index contributed by atoms with van der Waals surface area (Å²) in [5, 5.41) is 9.88. The van der Waals surface area contributed by atoms with Crippen molar-refractivity contribution >= 4 is 5.82 Å². The maximum Gasteiger partial charge on any atom is 0.126 e. The van der Waals surface area contributed by atoms with Gasteiger partial charge in [0.05, 0.1) is 12.2 Å². The van der Waals surface area contributed by atoms with E-state index in [1.165, 1.54) is 0 Å². The smallest absolute Gasteiger partial charge is 0.126 e. The van der Waals surface area contributed by atoms with Gasteiger partial charge < -0.3 is 15.6 Å². The Balaban J connectivity index is 2.65. The van der Waals surface area contributed by atoms with Crippen LogP contribution < -0.4 is 5.73 Å². The molecule has 0 spiro atoms. The van der Waals surface area contributed by atoms with Gasteiger partial charge in [0.15, 0.2) is 0 Å². The third-order valence-electron chi connectivity index (χ3n) is 2.49. The number of hydrogen-bond acceptors (Lipinski definition) is 4. The zero-order valence-electron chi connectivity index (χ0n) is 9.18. The van der Waals surface area contributed by atoms with Crippen LogP contribution in [0.25, 0.3) is 0 Å². The summed E-state index contributed by atoms with van der Waals surface area (Å²) in [5.74, 6) is 0.475. The van der Waals surface area contributed by atoms with E-state index in [1.807, 2.05) is 19.1 Å². The molecule has 84 valence electrons. The maximum absolute atomic E-state index is 9.88. The van der Waals surface area contributed by atoms with Gasteiger partial charge in [-0.15, -0.1) is 0 Å². The van der Waals surface area contributed by atoms with Crippen molar-refractivity contribution in [2.24, 2.45) is 0 Å². The van der Waals surface area contributed by atoms with Gasteiger partial charge in [-0.3, -0.25) is 0 Å². The number of hydrogen-bond donors (Lipinski definition) is 2. The number of aromatic nitrogens is 1.